The van der Waals surface area contributed by atoms with Crippen LogP contribution in [0.3, 0.4) is 0 Å². The highest BCUT2D eigenvalue weighted by Crippen LogP contribution is 2.35. The van der Waals surface area contributed by atoms with Gasteiger partial charge < -0.3 is 38.6 Å². The van der Waals surface area contributed by atoms with Gasteiger partial charge in [0.1, 0.15) is 50.1 Å². The first kappa shape index (κ1) is 35.5. The highest BCUT2D eigenvalue weighted by Gasteiger charge is 2.24. The maximum atomic E-state index is 11.1. The smallest absolute Gasteiger partial charge is 0.330 e. The van der Waals surface area contributed by atoms with Gasteiger partial charge in [0.25, 0.3) is 0 Å². The van der Waals surface area contributed by atoms with E-state index in [0.717, 1.165) is 23.3 Å². The standard InChI is InChI=1S/C33H44O10/c1-7-31(36)42-21-27(34)19-38-23(3)17-40-29-13-9-11-25(15-29)33(5,6)26-12-10-14-30(16-26)41-18-24(4)39-20-28(35)22-43-32(37)8-2/h7-16,23-24,27-28,34-35H,1-2,17-22H2,3-6H3. The molecular formula is C33H44O10. The molecule has 0 radical (unpaired) electrons. The fourth-order valence-electron chi connectivity index (χ4n) is 3.76. The van der Waals surface area contributed by atoms with Gasteiger partial charge in [-0.3, -0.25) is 0 Å². The van der Waals surface area contributed by atoms with Gasteiger partial charge in [-0.25, -0.2) is 9.59 Å². The highest BCUT2D eigenvalue weighted by molar-refractivity contribution is 5.81. The van der Waals surface area contributed by atoms with Crippen LogP contribution in [0.25, 0.3) is 0 Å². The Morgan fingerprint density at radius 2 is 1.12 bits per heavy atom. The van der Waals surface area contributed by atoms with Crippen molar-refractivity contribution in [2.24, 2.45) is 0 Å². The van der Waals surface area contributed by atoms with Crippen molar-refractivity contribution in [3.63, 3.8) is 0 Å². The fraction of sp³-hybridized carbons (Fsp3) is 0.455. The molecule has 0 spiro atoms. The Bertz CT molecular complexity index is 1090. The molecule has 2 rings (SSSR count). The minimum atomic E-state index is -0.945. The van der Waals surface area contributed by atoms with Crippen molar-refractivity contribution < 1.29 is 48.2 Å². The van der Waals surface area contributed by atoms with E-state index in [9.17, 15) is 19.8 Å². The van der Waals surface area contributed by atoms with Crippen molar-refractivity contribution in [1.82, 2.24) is 0 Å². The molecule has 0 saturated carbocycles. The van der Waals surface area contributed by atoms with E-state index in [4.69, 9.17) is 28.4 Å². The molecule has 0 aliphatic rings. The van der Waals surface area contributed by atoms with E-state index in [1.807, 2.05) is 62.4 Å². The van der Waals surface area contributed by atoms with Gasteiger partial charge in [-0.2, -0.15) is 0 Å². The van der Waals surface area contributed by atoms with Gasteiger partial charge in [0, 0.05) is 17.6 Å². The zero-order valence-electron chi connectivity index (χ0n) is 25.4. The third kappa shape index (κ3) is 13.0. The number of carbonyl (C=O) groups excluding carboxylic acids is 2. The van der Waals surface area contributed by atoms with E-state index in [1.165, 1.54) is 0 Å². The summed E-state index contributed by atoms with van der Waals surface area (Å²) < 4.78 is 32.8. The van der Waals surface area contributed by atoms with Gasteiger partial charge in [-0.05, 0) is 49.2 Å². The summed E-state index contributed by atoms with van der Waals surface area (Å²) in [4.78, 5) is 22.2. The maximum absolute atomic E-state index is 11.1. The first-order valence-electron chi connectivity index (χ1n) is 14.1. The maximum Gasteiger partial charge on any atom is 0.330 e. The van der Waals surface area contributed by atoms with Crippen LogP contribution >= 0.6 is 0 Å². The number of aliphatic hydroxyl groups excluding tert-OH is 2. The second kappa shape index (κ2) is 18.1. The predicted octanol–water partition coefficient (Wildman–Crippen LogP) is 3.76. The molecule has 0 aromatic heterocycles. The Balaban J connectivity index is 1.88. The number of hydrogen-bond acceptors (Lipinski definition) is 10. The zero-order chi connectivity index (χ0) is 31.8. The second-order valence-electron chi connectivity index (χ2n) is 10.6. The van der Waals surface area contributed by atoms with Gasteiger partial charge in [-0.15, -0.1) is 0 Å². The fourth-order valence-corrected chi connectivity index (χ4v) is 3.76. The lowest BCUT2D eigenvalue weighted by Crippen LogP contribution is -2.28. The summed E-state index contributed by atoms with van der Waals surface area (Å²) in [7, 11) is 0. The molecule has 0 heterocycles. The number of carbonyl (C=O) groups is 2. The Morgan fingerprint density at radius 3 is 1.49 bits per heavy atom. The van der Waals surface area contributed by atoms with Crippen molar-refractivity contribution in [1.29, 1.82) is 0 Å². The number of rotatable bonds is 20. The number of esters is 2. The van der Waals surface area contributed by atoms with Crippen LogP contribution in [0.4, 0.5) is 0 Å². The number of ether oxygens (including phenoxy) is 6. The average molecular weight is 601 g/mol. The summed E-state index contributed by atoms with van der Waals surface area (Å²) in [6, 6.07) is 15.6. The minimum Gasteiger partial charge on any atom is -0.491 e. The van der Waals surface area contributed by atoms with Crippen molar-refractivity contribution in [2.45, 2.75) is 57.5 Å². The summed E-state index contributed by atoms with van der Waals surface area (Å²) in [5, 5.41) is 19.8. The minimum absolute atomic E-state index is 0.000509. The SMILES string of the molecule is C=CC(=O)OCC(O)COC(C)COc1cccc(C(C)(C)c2cccc(OCC(C)OCC(O)COC(=O)C=C)c2)c1. The van der Waals surface area contributed by atoms with Crippen molar-refractivity contribution in [3.8, 4) is 11.5 Å². The van der Waals surface area contributed by atoms with Gasteiger partial charge in [0.05, 0.1) is 25.4 Å². The van der Waals surface area contributed by atoms with E-state index in [2.05, 4.69) is 27.0 Å². The molecule has 10 heteroatoms. The van der Waals surface area contributed by atoms with Crippen molar-refractivity contribution >= 4 is 11.9 Å². The summed E-state index contributed by atoms with van der Waals surface area (Å²) in [5.41, 5.74) is 1.71. The Labute approximate surface area is 253 Å². The molecule has 0 fully saturated rings. The normalized spacial score (nSPS) is 14.1. The third-order valence-electron chi connectivity index (χ3n) is 6.40. The molecule has 0 aliphatic carbocycles. The monoisotopic (exact) mass is 600 g/mol. The van der Waals surface area contributed by atoms with Crippen molar-refractivity contribution in [3.05, 3.63) is 85.0 Å². The van der Waals surface area contributed by atoms with Gasteiger partial charge in [0.2, 0.25) is 0 Å². The molecule has 236 valence electrons. The second-order valence-corrected chi connectivity index (χ2v) is 10.6. The molecule has 2 aromatic rings. The molecule has 0 amide bonds. The molecule has 10 nitrogen and oxygen atoms in total. The molecule has 43 heavy (non-hydrogen) atoms. The van der Waals surface area contributed by atoms with E-state index in [-0.39, 0.29) is 57.3 Å². The van der Waals surface area contributed by atoms with Crippen LogP contribution in [-0.2, 0) is 34.0 Å². The largest absolute Gasteiger partial charge is 0.491 e. The lowest BCUT2D eigenvalue weighted by Gasteiger charge is -2.27. The van der Waals surface area contributed by atoms with Crippen LogP contribution in [0.15, 0.2) is 73.8 Å². The van der Waals surface area contributed by atoms with E-state index in [0.29, 0.717) is 11.5 Å². The lowest BCUT2D eigenvalue weighted by atomic mass is 9.78. The van der Waals surface area contributed by atoms with Crippen molar-refractivity contribution in [2.75, 3.05) is 39.6 Å². The van der Waals surface area contributed by atoms with Crippen LogP contribution in [0.2, 0.25) is 0 Å². The molecule has 4 unspecified atom stereocenters. The Hall–Kier alpha value is -3.70. The molecule has 4 atom stereocenters. The summed E-state index contributed by atoms with van der Waals surface area (Å²) in [5.74, 6) is 0.164. The third-order valence-corrected chi connectivity index (χ3v) is 6.40. The van der Waals surface area contributed by atoms with Crippen LogP contribution in [0.1, 0.15) is 38.8 Å². The molecular weight excluding hydrogens is 556 g/mol. The predicted molar refractivity (Wildman–Crippen MR) is 161 cm³/mol. The summed E-state index contributed by atoms with van der Waals surface area (Å²) in [6.07, 6.45) is -0.431. The van der Waals surface area contributed by atoms with E-state index < -0.39 is 24.1 Å². The molecule has 2 aromatic carbocycles. The Morgan fingerprint density at radius 1 is 0.721 bits per heavy atom. The van der Waals surface area contributed by atoms with Gasteiger partial charge >= 0.3 is 11.9 Å². The van der Waals surface area contributed by atoms with Crippen LogP contribution < -0.4 is 9.47 Å². The molecule has 0 aliphatic heterocycles. The molecule has 0 saturated heterocycles. The molecule has 0 bridgehead atoms. The average Bonchev–Trinajstić information content (AvgIpc) is 3.02. The number of benzene rings is 2. The quantitative estimate of drug-likeness (QED) is 0.171. The summed E-state index contributed by atoms with van der Waals surface area (Å²) >= 11 is 0. The highest BCUT2D eigenvalue weighted by atomic mass is 16.6. The molecule has 2 N–H and O–H groups in total. The van der Waals surface area contributed by atoms with E-state index in [1.54, 1.807) is 0 Å². The van der Waals surface area contributed by atoms with Gasteiger partial charge in [-0.1, -0.05) is 51.3 Å². The van der Waals surface area contributed by atoms with Crippen LogP contribution in [0.5, 0.6) is 11.5 Å². The number of hydrogen-bond donors (Lipinski definition) is 2. The summed E-state index contributed by atoms with van der Waals surface area (Å²) in [6.45, 7) is 14.7. The number of aliphatic hydroxyl groups is 2. The topological polar surface area (TPSA) is 130 Å². The van der Waals surface area contributed by atoms with E-state index >= 15 is 0 Å². The first-order valence-corrected chi connectivity index (χ1v) is 14.1. The Kier molecular flexibility index (Phi) is 14.9. The first-order chi connectivity index (χ1) is 20.4. The zero-order valence-corrected chi connectivity index (χ0v) is 25.4. The van der Waals surface area contributed by atoms with Crippen LogP contribution in [-0.4, -0.2) is 86.2 Å². The van der Waals surface area contributed by atoms with Gasteiger partial charge in [0.15, 0.2) is 0 Å². The van der Waals surface area contributed by atoms with Crippen LogP contribution in [0, 0.1) is 0 Å². The lowest BCUT2D eigenvalue weighted by molar-refractivity contribution is -0.143.